The van der Waals surface area contributed by atoms with Gasteiger partial charge in [-0.2, -0.15) is 0 Å². The number of likely N-dealkylation sites (N-methyl/N-ethyl adjacent to an activating group) is 1. The summed E-state index contributed by atoms with van der Waals surface area (Å²) in [6, 6.07) is 4.68. The summed E-state index contributed by atoms with van der Waals surface area (Å²) in [6.07, 6.45) is 2.12. The van der Waals surface area contributed by atoms with Crippen LogP contribution in [-0.4, -0.2) is 26.3 Å². The third-order valence-electron chi connectivity index (χ3n) is 2.15. The van der Waals surface area contributed by atoms with Crippen molar-refractivity contribution >= 4 is 27.3 Å². The maximum absolute atomic E-state index is 5.55. The molecule has 0 bridgehead atoms. The lowest BCUT2D eigenvalue weighted by Crippen LogP contribution is -2.32. The van der Waals surface area contributed by atoms with Crippen LogP contribution in [0.1, 0.15) is 18.2 Å². The highest BCUT2D eigenvalue weighted by Gasteiger charge is 2.08. The van der Waals surface area contributed by atoms with Crippen molar-refractivity contribution in [1.82, 2.24) is 5.32 Å². The SMILES string of the molecule is CCCOCC(Cc1ccc(Br)s1)NC. The lowest BCUT2D eigenvalue weighted by Gasteiger charge is -2.15. The van der Waals surface area contributed by atoms with Crippen molar-refractivity contribution in [2.75, 3.05) is 20.3 Å². The van der Waals surface area contributed by atoms with Gasteiger partial charge in [-0.25, -0.2) is 0 Å². The fourth-order valence-corrected chi connectivity index (χ4v) is 2.88. The van der Waals surface area contributed by atoms with Gasteiger partial charge in [0.05, 0.1) is 10.4 Å². The molecule has 1 heterocycles. The summed E-state index contributed by atoms with van der Waals surface area (Å²) < 4.78 is 6.74. The number of thiophene rings is 1. The molecule has 1 rings (SSSR count). The van der Waals surface area contributed by atoms with Gasteiger partial charge in [0, 0.05) is 17.5 Å². The highest BCUT2D eigenvalue weighted by molar-refractivity contribution is 9.11. The lowest BCUT2D eigenvalue weighted by atomic mass is 10.2. The van der Waals surface area contributed by atoms with Gasteiger partial charge < -0.3 is 10.1 Å². The minimum atomic E-state index is 0.419. The molecule has 1 aromatic rings. The van der Waals surface area contributed by atoms with E-state index in [0.717, 1.165) is 26.1 Å². The molecular formula is C11H18BrNOS. The minimum absolute atomic E-state index is 0.419. The Kier molecular flexibility index (Phi) is 6.48. The first-order valence-electron chi connectivity index (χ1n) is 5.25. The predicted molar refractivity (Wildman–Crippen MR) is 69.7 cm³/mol. The Bertz CT molecular complexity index is 277. The summed E-state index contributed by atoms with van der Waals surface area (Å²) in [7, 11) is 1.99. The Morgan fingerprint density at radius 1 is 1.53 bits per heavy atom. The zero-order valence-electron chi connectivity index (χ0n) is 9.25. The molecule has 0 aliphatic heterocycles. The number of rotatable bonds is 7. The van der Waals surface area contributed by atoms with Gasteiger partial charge in [-0.1, -0.05) is 6.92 Å². The lowest BCUT2D eigenvalue weighted by molar-refractivity contribution is 0.114. The summed E-state index contributed by atoms with van der Waals surface area (Å²) >= 11 is 5.27. The molecular weight excluding hydrogens is 274 g/mol. The molecule has 0 amide bonds. The van der Waals surface area contributed by atoms with E-state index in [4.69, 9.17) is 4.74 Å². The van der Waals surface area contributed by atoms with Gasteiger partial charge in [-0.3, -0.25) is 0 Å². The van der Waals surface area contributed by atoms with E-state index in [1.807, 2.05) is 7.05 Å². The largest absolute Gasteiger partial charge is 0.380 e. The topological polar surface area (TPSA) is 21.3 Å². The van der Waals surface area contributed by atoms with Gasteiger partial charge in [-0.15, -0.1) is 11.3 Å². The first-order chi connectivity index (χ1) is 7.26. The summed E-state index contributed by atoms with van der Waals surface area (Å²) in [4.78, 5) is 1.39. The van der Waals surface area contributed by atoms with Gasteiger partial charge >= 0.3 is 0 Å². The molecule has 1 unspecified atom stereocenters. The van der Waals surface area contributed by atoms with Crippen LogP contribution in [0.2, 0.25) is 0 Å². The zero-order valence-corrected chi connectivity index (χ0v) is 11.7. The maximum atomic E-state index is 5.55. The minimum Gasteiger partial charge on any atom is -0.380 e. The van der Waals surface area contributed by atoms with Crippen LogP contribution < -0.4 is 5.32 Å². The third kappa shape index (κ3) is 5.11. The van der Waals surface area contributed by atoms with Crippen molar-refractivity contribution in [2.45, 2.75) is 25.8 Å². The second-order valence-corrected chi connectivity index (χ2v) is 6.02. The number of hydrogen-bond donors (Lipinski definition) is 1. The molecule has 0 aromatic carbocycles. The first-order valence-corrected chi connectivity index (χ1v) is 6.86. The van der Waals surface area contributed by atoms with E-state index < -0.39 is 0 Å². The van der Waals surface area contributed by atoms with Crippen LogP contribution in [0.5, 0.6) is 0 Å². The van der Waals surface area contributed by atoms with Crippen molar-refractivity contribution in [3.05, 3.63) is 20.8 Å². The second-order valence-electron chi connectivity index (χ2n) is 3.47. The van der Waals surface area contributed by atoms with Crippen molar-refractivity contribution in [2.24, 2.45) is 0 Å². The van der Waals surface area contributed by atoms with Crippen molar-refractivity contribution in [3.8, 4) is 0 Å². The van der Waals surface area contributed by atoms with Crippen LogP contribution in [-0.2, 0) is 11.2 Å². The molecule has 0 aliphatic rings. The van der Waals surface area contributed by atoms with Gasteiger partial charge in [-0.05, 0) is 48.0 Å². The van der Waals surface area contributed by atoms with Gasteiger partial charge in [0.25, 0.3) is 0 Å². The zero-order chi connectivity index (χ0) is 11.1. The fourth-order valence-electron chi connectivity index (χ4n) is 1.32. The van der Waals surface area contributed by atoms with E-state index in [1.165, 1.54) is 8.66 Å². The Morgan fingerprint density at radius 3 is 2.87 bits per heavy atom. The molecule has 86 valence electrons. The third-order valence-corrected chi connectivity index (χ3v) is 3.80. The average molecular weight is 292 g/mol. The highest BCUT2D eigenvalue weighted by atomic mass is 79.9. The van der Waals surface area contributed by atoms with Crippen molar-refractivity contribution in [1.29, 1.82) is 0 Å². The molecule has 2 nitrogen and oxygen atoms in total. The summed E-state index contributed by atoms with van der Waals surface area (Å²) in [5, 5.41) is 3.29. The number of hydrogen-bond acceptors (Lipinski definition) is 3. The van der Waals surface area contributed by atoms with Crippen LogP contribution >= 0.6 is 27.3 Å². The van der Waals surface area contributed by atoms with Crippen LogP contribution in [0.4, 0.5) is 0 Å². The monoisotopic (exact) mass is 291 g/mol. The summed E-state index contributed by atoms with van der Waals surface area (Å²) in [5.41, 5.74) is 0. The Labute approximate surface area is 104 Å². The summed E-state index contributed by atoms with van der Waals surface area (Å²) in [5.74, 6) is 0. The van der Waals surface area contributed by atoms with Gasteiger partial charge in [0.1, 0.15) is 0 Å². The Hall–Kier alpha value is 0.1000. The van der Waals surface area contributed by atoms with Gasteiger partial charge in [0.15, 0.2) is 0 Å². The standard InChI is InChI=1S/C11H18BrNOS/c1-3-6-14-8-9(13-2)7-10-4-5-11(12)15-10/h4-5,9,13H,3,6-8H2,1-2H3. The smallest absolute Gasteiger partial charge is 0.0701 e. The van der Waals surface area contributed by atoms with Gasteiger partial charge in [0.2, 0.25) is 0 Å². The quantitative estimate of drug-likeness (QED) is 0.780. The summed E-state index contributed by atoms with van der Waals surface area (Å²) in [6.45, 7) is 3.77. The van der Waals surface area contributed by atoms with E-state index >= 15 is 0 Å². The van der Waals surface area contributed by atoms with Crippen molar-refractivity contribution in [3.63, 3.8) is 0 Å². The molecule has 15 heavy (non-hydrogen) atoms. The fraction of sp³-hybridized carbons (Fsp3) is 0.636. The van der Waals surface area contributed by atoms with Crippen molar-refractivity contribution < 1.29 is 4.74 Å². The molecule has 0 fully saturated rings. The first kappa shape index (κ1) is 13.2. The van der Waals surface area contributed by atoms with E-state index in [0.29, 0.717) is 6.04 Å². The van der Waals surface area contributed by atoms with Crippen LogP contribution in [0.3, 0.4) is 0 Å². The molecule has 1 aromatic heterocycles. The van der Waals surface area contributed by atoms with Crippen LogP contribution in [0.15, 0.2) is 15.9 Å². The molecule has 0 aliphatic carbocycles. The average Bonchev–Trinajstić information content (AvgIpc) is 2.63. The molecule has 1 N–H and O–H groups in total. The van der Waals surface area contributed by atoms with Crippen LogP contribution in [0.25, 0.3) is 0 Å². The maximum Gasteiger partial charge on any atom is 0.0701 e. The molecule has 1 atom stereocenters. The van der Waals surface area contributed by atoms with E-state index in [-0.39, 0.29) is 0 Å². The number of ether oxygens (including phenoxy) is 1. The second kappa shape index (κ2) is 7.39. The predicted octanol–water partition coefficient (Wildman–Crippen LogP) is 3.07. The molecule has 0 saturated carbocycles. The highest BCUT2D eigenvalue weighted by Crippen LogP contribution is 2.23. The Balaban J connectivity index is 2.33. The Morgan fingerprint density at radius 2 is 2.33 bits per heavy atom. The van der Waals surface area contributed by atoms with E-state index in [1.54, 1.807) is 11.3 Å². The van der Waals surface area contributed by atoms with E-state index in [2.05, 4.69) is 40.3 Å². The number of halogens is 1. The molecule has 0 spiro atoms. The number of nitrogens with one attached hydrogen (secondary N) is 1. The molecule has 0 saturated heterocycles. The van der Waals surface area contributed by atoms with Crippen LogP contribution in [0, 0.1) is 0 Å². The molecule has 4 heteroatoms. The normalized spacial score (nSPS) is 13.0. The molecule has 0 radical (unpaired) electrons. The van der Waals surface area contributed by atoms with E-state index in [9.17, 15) is 0 Å².